The van der Waals surface area contributed by atoms with Gasteiger partial charge in [-0.15, -0.1) is 0 Å². The predicted octanol–water partition coefficient (Wildman–Crippen LogP) is 1.10. The van der Waals surface area contributed by atoms with Gasteiger partial charge in [-0.3, -0.25) is 4.99 Å². The highest BCUT2D eigenvalue weighted by Gasteiger charge is 2.27. The van der Waals surface area contributed by atoms with Crippen molar-refractivity contribution in [3.05, 3.63) is 0 Å². The molecule has 0 bridgehead atoms. The highest BCUT2D eigenvalue weighted by molar-refractivity contribution is 7.89. The van der Waals surface area contributed by atoms with E-state index in [1.54, 1.807) is 11.4 Å². The smallest absolute Gasteiger partial charge is 0.214 e. The zero-order chi connectivity index (χ0) is 21.1. The third kappa shape index (κ3) is 8.39. The normalized spacial score (nSPS) is 21.4. The summed E-state index contributed by atoms with van der Waals surface area (Å²) in [6, 6.07) is 0.275. The number of hydrogen-bond acceptors (Lipinski definition) is 5. The second-order valence-electron chi connectivity index (χ2n) is 8.13. The number of nitrogens with one attached hydrogen (secondary N) is 2. The second kappa shape index (κ2) is 12.7. The summed E-state index contributed by atoms with van der Waals surface area (Å²) in [4.78, 5) is 7.30. The lowest BCUT2D eigenvalue weighted by atomic mass is 9.97. The van der Waals surface area contributed by atoms with E-state index in [4.69, 9.17) is 9.73 Å². The molecule has 0 unspecified atom stereocenters. The van der Waals surface area contributed by atoms with Crippen LogP contribution in [0.15, 0.2) is 4.99 Å². The minimum Gasteiger partial charge on any atom is -0.383 e. The molecule has 2 heterocycles. The number of piperidine rings is 2. The number of guanidine groups is 1. The molecular weight excluding hydrogens is 390 g/mol. The van der Waals surface area contributed by atoms with Crippen LogP contribution in [0.5, 0.6) is 0 Å². The molecule has 2 fully saturated rings. The zero-order valence-corrected chi connectivity index (χ0v) is 19.3. The standard InChI is InChI=1S/C20H41N5O3S/c1-4-16-29(26,27)25-12-8-19(9-13-25)23-20(21-5-2)22-17-18-6-10-24(11-7-18)14-15-28-3/h18-19H,4-17H2,1-3H3,(H2,21,22,23). The lowest BCUT2D eigenvalue weighted by Gasteiger charge is -2.33. The molecule has 0 atom stereocenters. The molecule has 8 nitrogen and oxygen atoms in total. The van der Waals surface area contributed by atoms with E-state index >= 15 is 0 Å². The van der Waals surface area contributed by atoms with Crippen molar-refractivity contribution in [2.75, 3.05) is 65.3 Å². The lowest BCUT2D eigenvalue weighted by Crippen LogP contribution is -2.50. The van der Waals surface area contributed by atoms with Gasteiger partial charge in [0.05, 0.1) is 12.4 Å². The Morgan fingerprint density at radius 3 is 2.38 bits per heavy atom. The molecule has 2 rings (SSSR count). The van der Waals surface area contributed by atoms with Gasteiger partial charge in [0.2, 0.25) is 10.0 Å². The topological polar surface area (TPSA) is 86.3 Å². The largest absolute Gasteiger partial charge is 0.383 e. The van der Waals surface area contributed by atoms with Gasteiger partial charge in [-0.25, -0.2) is 12.7 Å². The number of aliphatic imine (C=N–C) groups is 1. The highest BCUT2D eigenvalue weighted by Crippen LogP contribution is 2.18. The number of sulfonamides is 1. The molecule has 0 spiro atoms. The Hall–Kier alpha value is -0.900. The van der Waals surface area contributed by atoms with Crippen molar-refractivity contribution in [1.29, 1.82) is 0 Å². The van der Waals surface area contributed by atoms with Crippen molar-refractivity contribution in [3.8, 4) is 0 Å². The van der Waals surface area contributed by atoms with E-state index in [9.17, 15) is 8.42 Å². The van der Waals surface area contributed by atoms with Crippen molar-refractivity contribution >= 4 is 16.0 Å². The summed E-state index contributed by atoms with van der Waals surface area (Å²) in [5, 5.41) is 6.88. The van der Waals surface area contributed by atoms with Gasteiger partial charge in [-0.1, -0.05) is 6.92 Å². The Bertz CT molecular complexity index is 583. The molecule has 0 radical (unpaired) electrons. The average Bonchev–Trinajstić information content (AvgIpc) is 2.72. The van der Waals surface area contributed by atoms with Gasteiger partial charge in [-0.05, 0) is 58.0 Å². The van der Waals surface area contributed by atoms with Crippen LogP contribution in [0.25, 0.3) is 0 Å². The summed E-state index contributed by atoms with van der Waals surface area (Å²) in [5.41, 5.74) is 0. The minimum absolute atomic E-state index is 0.249. The van der Waals surface area contributed by atoms with Crippen LogP contribution in [0.1, 0.15) is 46.0 Å². The van der Waals surface area contributed by atoms with Crippen LogP contribution in [-0.4, -0.2) is 94.9 Å². The fourth-order valence-electron chi connectivity index (χ4n) is 4.01. The fourth-order valence-corrected chi connectivity index (χ4v) is 5.55. The van der Waals surface area contributed by atoms with Crippen LogP contribution in [-0.2, 0) is 14.8 Å². The molecule has 9 heteroatoms. The molecule has 2 N–H and O–H groups in total. The van der Waals surface area contributed by atoms with E-state index in [1.165, 1.54) is 12.8 Å². The van der Waals surface area contributed by atoms with E-state index in [0.717, 1.165) is 58.1 Å². The van der Waals surface area contributed by atoms with Gasteiger partial charge in [-0.2, -0.15) is 0 Å². The Balaban J connectivity index is 1.77. The van der Waals surface area contributed by atoms with E-state index in [2.05, 4.69) is 22.5 Å². The lowest BCUT2D eigenvalue weighted by molar-refractivity contribution is 0.121. The van der Waals surface area contributed by atoms with Crippen LogP contribution in [0.2, 0.25) is 0 Å². The molecular formula is C20H41N5O3S. The number of likely N-dealkylation sites (tertiary alicyclic amines) is 1. The number of nitrogens with zero attached hydrogens (tertiary/aromatic N) is 3. The highest BCUT2D eigenvalue weighted by atomic mass is 32.2. The maximum atomic E-state index is 12.2. The molecule has 0 saturated carbocycles. The summed E-state index contributed by atoms with van der Waals surface area (Å²) in [6.45, 7) is 10.9. The maximum Gasteiger partial charge on any atom is 0.214 e. The second-order valence-corrected chi connectivity index (χ2v) is 10.2. The number of rotatable bonds is 10. The van der Waals surface area contributed by atoms with Crippen LogP contribution in [0, 0.1) is 5.92 Å². The Labute approximate surface area is 177 Å². The first-order valence-electron chi connectivity index (χ1n) is 11.2. The summed E-state index contributed by atoms with van der Waals surface area (Å²) < 4.78 is 31.3. The molecule has 2 saturated heterocycles. The molecule has 0 amide bonds. The van der Waals surface area contributed by atoms with E-state index in [1.807, 2.05) is 6.92 Å². The quantitative estimate of drug-likeness (QED) is 0.398. The monoisotopic (exact) mass is 431 g/mol. The Kier molecular flexibility index (Phi) is 10.7. The number of methoxy groups -OCH3 is 1. The molecule has 0 aromatic heterocycles. The van der Waals surface area contributed by atoms with E-state index < -0.39 is 10.0 Å². The molecule has 0 aromatic rings. The van der Waals surface area contributed by atoms with Crippen LogP contribution in [0.4, 0.5) is 0 Å². The van der Waals surface area contributed by atoms with Crippen molar-refractivity contribution in [1.82, 2.24) is 19.8 Å². The zero-order valence-electron chi connectivity index (χ0n) is 18.5. The van der Waals surface area contributed by atoms with Gasteiger partial charge in [0.25, 0.3) is 0 Å². The van der Waals surface area contributed by atoms with Gasteiger partial charge in [0, 0.05) is 45.9 Å². The summed E-state index contributed by atoms with van der Waals surface area (Å²) in [5.74, 6) is 1.74. The van der Waals surface area contributed by atoms with Gasteiger partial charge in [0.1, 0.15) is 0 Å². The third-order valence-electron chi connectivity index (χ3n) is 5.82. The van der Waals surface area contributed by atoms with Crippen molar-refractivity contribution < 1.29 is 13.2 Å². The third-order valence-corrected chi connectivity index (χ3v) is 7.90. The van der Waals surface area contributed by atoms with Gasteiger partial charge in [0.15, 0.2) is 5.96 Å². The van der Waals surface area contributed by atoms with Crippen LogP contribution < -0.4 is 10.6 Å². The molecule has 0 aliphatic carbocycles. The van der Waals surface area contributed by atoms with Crippen molar-refractivity contribution in [2.24, 2.45) is 10.9 Å². The van der Waals surface area contributed by atoms with E-state index in [-0.39, 0.29) is 11.8 Å². The Morgan fingerprint density at radius 1 is 1.10 bits per heavy atom. The van der Waals surface area contributed by atoms with Gasteiger partial charge >= 0.3 is 0 Å². The number of hydrogen-bond donors (Lipinski definition) is 2. The Morgan fingerprint density at radius 2 is 1.79 bits per heavy atom. The van der Waals surface area contributed by atoms with Crippen molar-refractivity contribution in [3.63, 3.8) is 0 Å². The molecule has 2 aliphatic heterocycles. The van der Waals surface area contributed by atoms with E-state index in [0.29, 0.717) is 25.4 Å². The minimum atomic E-state index is -3.08. The van der Waals surface area contributed by atoms with Crippen molar-refractivity contribution in [2.45, 2.75) is 52.0 Å². The maximum absolute atomic E-state index is 12.2. The molecule has 170 valence electrons. The molecule has 2 aliphatic rings. The summed E-state index contributed by atoms with van der Waals surface area (Å²) >= 11 is 0. The first-order chi connectivity index (χ1) is 14.0. The average molecular weight is 432 g/mol. The van der Waals surface area contributed by atoms with Crippen LogP contribution >= 0.6 is 0 Å². The summed E-state index contributed by atoms with van der Waals surface area (Å²) in [7, 11) is -1.33. The summed E-state index contributed by atoms with van der Waals surface area (Å²) in [6.07, 6.45) is 4.68. The predicted molar refractivity (Wildman–Crippen MR) is 119 cm³/mol. The van der Waals surface area contributed by atoms with Crippen LogP contribution in [0.3, 0.4) is 0 Å². The first kappa shape index (κ1) is 24.4. The first-order valence-corrected chi connectivity index (χ1v) is 12.8. The molecule has 29 heavy (non-hydrogen) atoms. The fraction of sp³-hybridized carbons (Fsp3) is 0.950. The van der Waals surface area contributed by atoms with Gasteiger partial charge < -0.3 is 20.3 Å². The molecule has 0 aromatic carbocycles. The SMILES string of the molecule is CCCS(=O)(=O)N1CCC(NC(=NCC2CCN(CCOC)CC2)NCC)CC1. The number of ether oxygens (including phenoxy) is 1.